The van der Waals surface area contributed by atoms with Gasteiger partial charge in [-0.1, -0.05) is 138 Å². The molecule has 65 heavy (non-hydrogen) atoms. The molecule has 0 heterocycles. The molecule has 0 spiro atoms. The zero-order valence-electron chi connectivity index (χ0n) is 43.1. The van der Waals surface area contributed by atoms with Gasteiger partial charge in [-0.05, 0) is 244 Å². The Morgan fingerprint density at radius 1 is 0.369 bits per heavy atom. The summed E-state index contributed by atoms with van der Waals surface area (Å²) >= 11 is 0. The van der Waals surface area contributed by atoms with Gasteiger partial charge in [-0.3, -0.25) is 0 Å². The van der Waals surface area contributed by atoms with E-state index in [2.05, 4.69) is 161 Å². The third kappa shape index (κ3) is 8.96. The van der Waals surface area contributed by atoms with E-state index in [4.69, 9.17) is 0 Å². The van der Waals surface area contributed by atoms with Crippen molar-refractivity contribution in [2.45, 2.75) is 206 Å². The smallest absolute Gasteiger partial charge is 0.0396 e. The molecule has 8 fully saturated rings. The number of benzene rings is 4. The predicted molar refractivity (Wildman–Crippen MR) is 280 cm³/mol. The monoisotopic (exact) mass is 870 g/mol. The maximum absolute atomic E-state index is 4.27. The molecule has 0 unspecified atom stereocenters. The van der Waals surface area contributed by atoms with Gasteiger partial charge in [0.2, 0.25) is 0 Å². The molecule has 348 valence electrons. The third-order valence-electron chi connectivity index (χ3n) is 19.0. The molecule has 1 N–H and O–H groups in total. The van der Waals surface area contributed by atoms with Gasteiger partial charge in [0.25, 0.3) is 0 Å². The second kappa shape index (κ2) is 16.7. The summed E-state index contributed by atoms with van der Waals surface area (Å²) in [5.74, 6) is 8.97. The Hall–Kier alpha value is -3.32. The van der Waals surface area contributed by atoms with Gasteiger partial charge in [0.05, 0.1) is 0 Å². The summed E-state index contributed by atoms with van der Waals surface area (Å²) in [5, 5.41) is 4.27. The van der Waals surface area contributed by atoms with Crippen molar-refractivity contribution < 1.29 is 0 Å². The van der Waals surface area contributed by atoms with Crippen molar-refractivity contribution in [3.63, 3.8) is 0 Å². The molecule has 1 nitrogen and oxygen atoms in total. The van der Waals surface area contributed by atoms with E-state index in [1.165, 1.54) is 146 Å². The molecule has 0 aromatic heterocycles. The molecule has 0 saturated heterocycles. The van der Waals surface area contributed by atoms with Gasteiger partial charge in [0.15, 0.2) is 0 Å². The Kier molecular flexibility index (Phi) is 11.7. The van der Waals surface area contributed by atoms with Crippen molar-refractivity contribution in [2.75, 3.05) is 5.32 Å². The quantitative estimate of drug-likeness (QED) is 0.150. The van der Waals surface area contributed by atoms with Crippen LogP contribution in [0.3, 0.4) is 0 Å². The normalized spacial score (nSPS) is 29.5. The molecule has 4 aromatic carbocycles. The molecule has 0 aliphatic heterocycles. The zero-order chi connectivity index (χ0) is 45.8. The van der Waals surface area contributed by atoms with Crippen molar-refractivity contribution in [3.8, 4) is 22.3 Å². The first kappa shape index (κ1) is 45.5. The summed E-state index contributed by atoms with van der Waals surface area (Å²) in [6.45, 7) is 28.9. The van der Waals surface area contributed by atoms with Crippen molar-refractivity contribution in [2.24, 2.45) is 47.3 Å². The number of nitrogens with one attached hydrogen (secondary N) is 1. The highest BCUT2D eigenvalue weighted by molar-refractivity contribution is 5.81. The maximum atomic E-state index is 4.27. The van der Waals surface area contributed by atoms with E-state index in [0.29, 0.717) is 0 Å². The van der Waals surface area contributed by atoms with E-state index in [1.54, 1.807) is 11.1 Å². The molecular weight excluding hydrogens is 783 g/mol. The Morgan fingerprint density at radius 2 is 0.692 bits per heavy atom. The van der Waals surface area contributed by atoms with Crippen LogP contribution in [0.5, 0.6) is 0 Å². The van der Waals surface area contributed by atoms with Crippen LogP contribution in [-0.4, -0.2) is 0 Å². The minimum Gasteiger partial charge on any atom is -0.355 e. The molecule has 1 heteroatoms. The van der Waals surface area contributed by atoms with Crippen molar-refractivity contribution in [1.82, 2.24) is 0 Å². The van der Waals surface area contributed by atoms with Crippen LogP contribution in [-0.2, 0) is 21.7 Å². The van der Waals surface area contributed by atoms with Crippen LogP contribution in [0.4, 0.5) is 11.4 Å². The summed E-state index contributed by atoms with van der Waals surface area (Å²) < 4.78 is 0. The maximum Gasteiger partial charge on any atom is 0.0396 e. The van der Waals surface area contributed by atoms with E-state index in [1.807, 2.05) is 0 Å². The molecule has 0 radical (unpaired) electrons. The highest BCUT2D eigenvalue weighted by atomic mass is 14.9. The van der Waals surface area contributed by atoms with E-state index in [9.17, 15) is 0 Å². The second-order valence-corrected chi connectivity index (χ2v) is 27.1. The summed E-state index contributed by atoms with van der Waals surface area (Å²) in [5.41, 5.74) is 17.3. The average Bonchev–Trinajstić information content (AvgIpc) is 3.22. The minimum atomic E-state index is 0.0409. The fourth-order valence-corrected chi connectivity index (χ4v) is 16.0. The lowest BCUT2D eigenvalue weighted by Gasteiger charge is -2.55. The lowest BCUT2D eigenvalue weighted by Crippen LogP contribution is -2.44. The molecule has 8 aliphatic rings. The van der Waals surface area contributed by atoms with Gasteiger partial charge in [0, 0.05) is 11.4 Å². The number of hydrogen-bond donors (Lipinski definition) is 1. The second-order valence-electron chi connectivity index (χ2n) is 27.1. The van der Waals surface area contributed by atoms with E-state index < -0.39 is 0 Å². The molecule has 0 amide bonds. The Morgan fingerprint density at radius 3 is 1.03 bits per heavy atom. The average molecular weight is 870 g/mol. The van der Waals surface area contributed by atoms with E-state index >= 15 is 0 Å². The van der Waals surface area contributed by atoms with Crippen molar-refractivity contribution in [3.05, 3.63) is 106 Å². The van der Waals surface area contributed by atoms with Crippen molar-refractivity contribution in [1.29, 1.82) is 0 Å². The third-order valence-corrected chi connectivity index (χ3v) is 19.0. The lowest BCUT2D eigenvalue weighted by molar-refractivity contribution is -0.00494. The topological polar surface area (TPSA) is 12.0 Å². The Balaban J connectivity index is 1.14. The summed E-state index contributed by atoms with van der Waals surface area (Å²) in [4.78, 5) is 0. The summed E-state index contributed by atoms with van der Waals surface area (Å²) in [7, 11) is 0. The zero-order valence-corrected chi connectivity index (χ0v) is 43.1. The first-order valence-corrected chi connectivity index (χ1v) is 27.1. The highest BCUT2D eigenvalue weighted by Gasteiger charge is 2.51. The van der Waals surface area contributed by atoms with Crippen LogP contribution < -0.4 is 5.32 Å². The van der Waals surface area contributed by atoms with Gasteiger partial charge >= 0.3 is 0 Å². The minimum absolute atomic E-state index is 0.0409. The molecule has 4 aromatic rings. The van der Waals surface area contributed by atoms with Crippen LogP contribution in [0.15, 0.2) is 72.8 Å². The molecule has 12 rings (SSSR count). The van der Waals surface area contributed by atoms with Crippen LogP contribution in [0.2, 0.25) is 0 Å². The van der Waals surface area contributed by atoms with Gasteiger partial charge in [-0.2, -0.15) is 0 Å². The highest BCUT2D eigenvalue weighted by Crippen LogP contribution is 2.62. The van der Waals surface area contributed by atoms with E-state index in [-0.39, 0.29) is 21.7 Å². The largest absolute Gasteiger partial charge is 0.355 e. The standard InChI is InChI=1S/C64H87N/c1-13-15-63(9,10)55-31-45(29-53(37-55)61(3,4)5)43-27-44(46-30-54(62(6,7)8)38-56(32-46)64(11,12)16-14-2)34-57(33-43)65-58-35-51(59-47-19-39-17-40(21-47)22-48(59)20-39)28-52(36-58)60-49-23-41-18-42(25-49)26-50(60)24-41/h27-42,47-50,59-60,65H,13-26H2,1-12H3. The van der Waals surface area contributed by atoms with Crippen molar-refractivity contribution >= 4 is 11.4 Å². The fourth-order valence-electron chi connectivity index (χ4n) is 16.0. The van der Waals surface area contributed by atoms with Gasteiger partial charge in [0.1, 0.15) is 0 Å². The number of rotatable bonds is 12. The van der Waals surface area contributed by atoms with Gasteiger partial charge < -0.3 is 5.32 Å². The van der Waals surface area contributed by atoms with Gasteiger partial charge in [-0.15, -0.1) is 0 Å². The predicted octanol–water partition coefficient (Wildman–Crippen LogP) is 18.6. The molecule has 8 aliphatic carbocycles. The molecule has 8 saturated carbocycles. The Labute approximate surface area is 397 Å². The van der Waals surface area contributed by atoms with Crippen LogP contribution in [0.25, 0.3) is 22.3 Å². The summed E-state index contributed by atoms with van der Waals surface area (Å²) in [6, 6.07) is 30.9. The number of anilines is 2. The number of hydrogen-bond acceptors (Lipinski definition) is 1. The lowest BCUT2D eigenvalue weighted by atomic mass is 9.49. The first-order chi connectivity index (χ1) is 30.7. The van der Waals surface area contributed by atoms with Crippen LogP contribution in [0, 0.1) is 47.3 Å². The Bertz CT molecular complexity index is 2170. The fraction of sp³-hybridized carbons (Fsp3) is 0.625. The van der Waals surface area contributed by atoms with Crippen LogP contribution in [0.1, 0.15) is 218 Å². The SMILES string of the molecule is CCCC(C)(C)c1cc(-c2cc(Nc3cc(C4C5CC6CC(C5)CC4C6)cc(C4C5CC6CC(C5)CC4C6)c3)cc(-c3cc(C(C)(C)C)cc(C(C)(C)CCC)c3)c2)cc(C(C)(C)C)c1. The molecular formula is C64H87N. The first-order valence-electron chi connectivity index (χ1n) is 27.1. The molecule has 0 atom stereocenters. The van der Waals surface area contributed by atoms with Gasteiger partial charge in [-0.25, -0.2) is 0 Å². The molecule has 8 bridgehead atoms. The van der Waals surface area contributed by atoms with Crippen LogP contribution >= 0.6 is 0 Å². The van der Waals surface area contributed by atoms with E-state index in [0.717, 1.165) is 59.2 Å². The summed E-state index contributed by atoms with van der Waals surface area (Å²) in [6.07, 6.45) is 19.6.